The minimum absolute atomic E-state index is 0. The van der Waals surface area contributed by atoms with Gasteiger partial charge in [0.2, 0.25) is 0 Å². The van der Waals surface area contributed by atoms with Gasteiger partial charge in [-0.1, -0.05) is 6.42 Å². The summed E-state index contributed by atoms with van der Waals surface area (Å²) >= 11 is 0. The Kier molecular flexibility index (Phi) is 12.4. The van der Waals surface area contributed by atoms with Gasteiger partial charge in [0.05, 0.1) is 12.7 Å². The van der Waals surface area contributed by atoms with Crippen LogP contribution >= 0.6 is 24.0 Å². The fourth-order valence-corrected chi connectivity index (χ4v) is 3.07. The Bertz CT molecular complexity index is 500. The third kappa shape index (κ3) is 9.02. The molecule has 1 aliphatic rings. The average Bonchev–Trinajstić information content (AvgIpc) is 2.64. The second-order valence-electron chi connectivity index (χ2n) is 6.46. The number of pyridine rings is 1. The quantitative estimate of drug-likeness (QED) is 0.249. The molecule has 1 fully saturated rings. The van der Waals surface area contributed by atoms with Gasteiger partial charge in [-0.05, 0) is 51.8 Å². The molecule has 0 aromatic carbocycles. The van der Waals surface area contributed by atoms with Gasteiger partial charge in [-0.3, -0.25) is 9.98 Å². The van der Waals surface area contributed by atoms with E-state index in [-0.39, 0.29) is 24.0 Å². The average molecular weight is 475 g/mol. The van der Waals surface area contributed by atoms with Crippen molar-refractivity contribution in [3.63, 3.8) is 0 Å². The van der Waals surface area contributed by atoms with E-state index >= 15 is 0 Å². The molecule has 6 nitrogen and oxygen atoms in total. The number of nitrogens with one attached hydrogen (secondary N) is 2. The van der Waals surface area contributed by atoms with Crippen LogP contribution in [0, 0.1) is 0 Å². The molecule has 2 heterocycles. The van der Waals surface area contributed by atoms with Gasteiger partial charge in [-0.15, -0.1) is 24.0 Å². The molecule has 148 valence electrons. The zero-order valence-electron chi connectivity index (χ0n) is 16.1. The second kappa shape index (κ2) is 14.0. The molecule has 0 aliphatic carbocycles. The van der Waals surface area contributed by atoms with Crippen molar-refractivity contribution in [3.8, 4) is 5.75 Å². The number of hydrogen-bond donors (Lipinski definition) is 2. The van der Waals surface area contributed by atoms with Crippen LogP contribution in [-0.2, 0) is 0 Å². The summed E-state index contributed by atoms with van der Waals surface area (Å²) in [6, 6.07) is 4.51. The first-order valence-electron chi connectivity index (χ1n) is 9.58. The lowest BCUT2D eigenvalue weighted by Crippen LogP contribution is -2.40. The summed E-state index contributed by atoms with van der Waals surface area (Å²) in [7, 11) is 0. The molecule has 1 aromatic heterocycles. The van der Waals surface area contributed by atoms with Gasteiger partial charge in [0.1, 0.15) is 12.4 Å². The first-order chi connectivity index (χ1) is 12.3. The summed E-state index contributed by atoms with van der Waals surface area (Å²) in [6.07, 6.45) is 8.63. The van der Waals surface area contributed by atoms with Crippen molar-refractivity contribution in [2.45, 2.75) is 45.6 Å². The maximum Gasteiger partial charge on any atom is 0.191 e. The molecule has 0 spiro atoms. The fourth-order valence-electron chi connectivity index (χ4n) is 3.07. The van der Waals surface area contributed by atoms with Crippen molar-refractivity contribution < 1.29 is 4.74 Å². The first kappa shape index (κ1) is 23.0. The molecule has 26 heavy (non-hydrogen) atoms. The Hall–Kier alpha value is -1.09. The molecule has 0 amide bonds. The molecular formula is C19H34IN5O. The zero-order valence-corrected chi connectivity index (χ0v) is 18.4. The third-order valence-corrected chi connectivity index (χ3v) is 4.46. The van der Waals surface area contributed by atoms with E-state index in [9.17, 15) is 0 Å². The normalized spacial score (nSPS) is 18.1. The first-order valence-corrected chi connectivity index (χ1v) is 9.58. The highest BCUT2D eigenvalue weighted by molar-refractivity contribution is 14.0. The van der Waals surface area contributed by atoms with Gasteiger partial charge in [-0.25, -0.2) is 0 Å². The van der Waals surface area contributed by atoms with Crippen LogP contribution in [0.5, 0.6) is 5.75 Å². The molecule has 0 radical (unpaired) electrons. The van der Waals surface area contributed by atoms with E-state index < -0.39 is 0 Å². The maximum absolute atomic E-state index is 5.64. The Morgan fingerprint density at radius 3 is 3.00 bits per heavy atom. The number of halogens is 1. The Morgan fingerprint density at radius 2 is 2.27 bits per heavy atom. The monoisotopic (exact) mass is 475 g/mol. The van der Waals surface area contributed by atoms with E-state index in [1.165, 1.54) is 25.8 Å². The third-order valence-electron chi connectivity index (χ3n) is 4.46. The van der Waals surface area contributed by atoms with Crippen molar-refractivity contribution in [2.24, 2.45) is 4.99 Å². The SMILES string of the molecule is CCNC(=NCCCN1CCCCC1C)NCCOc1cccnc1.I. The molecule has 1 unspecified atom stereocenters. The minimum atomic E-state index is 0. The van der Waals surface area contributed by atoms with Crippen LogP contribution in [0.2, 0.25) is 0 Å². The minimum Gasteiger partial charge on any atom is -0.490 e. The summed E-state index contributed by atoms with van der Waals surface area (Å²) in [6.45, 7) is 9.82. The summed E-state index contributed by atoms with van der Waals surface area (Å²) in [5, 5.41) is 6.60. The van der Waals surface area contributed by atoms with Crippen LogP contribution < -0.4 is 15.4 Å². The number of likely N-dealkylation sites (tertiary alicyclic amines) is 1. The number of guanidine groups is 1. The number of aromatic nitrogens is 1. The van der Waals surface area contributed by atoms with Gasteiger partial charge in [0, 0.05) is 31.9 Å². The molecular weight excluding hydrogens is 441 g/mol. The highest BCUT2D eigenvalue weighted by Gasteiger charge is 2.16. The predicted molar refractivity (Wildman–Crippen MR) is 119 cm³/mol. The van der Waals surface area contributed by atoms with Gasteiger partial charge >= 0.3 is 0 Å². The second-order valence-corrected chi connectivity index (χ2v) is 6.46. The zero-order chi connectivity index (χ0) is 17.7. The van der Waals surface area contributed by atoms with Crippen molar-refractivity contribution in [3.05, 3.63) is 24.5 Å². The summed E-state index contributed by atoms with van der Waals surface area (Å²) in [4.78, 5) is 11.3. The Balaban J connectivity index is 0.00000338. The van der Waals surface area contributed by atoms with Crippen LogP contribution in [0.15, 0.2) is 29.5 Å². The number of nitrogens with zero attached hydrogens (tertiary/aromatic N) is 3. The highest BCUT2D eigenvalue weighted by atomic mass is 127. The lowest BCUT2D eigenvalue weighted by molar-refractivity contribution is 0.160. The van der Waals surface area contributed by atoms with E-state index in [4.69, 9.17) is 4.74 Å². The predicted octanol–water partition coefficient (Wildman–Crippen LogP) is 2.90. The van der Waals surface area contributed by atoms with Gasteiger partial charge < -0.3 is 20.3 Å². The van der Waals surface area contributed by atoms with E-state index in [0.29, 0.717) is 13.2 Å². The molecule has 1 saturated heterocycles. The number of aliphatic imine (C=N–C) groups is 1. The van der Waals surface area contributed by atoms with Gasteiger partial charge in [0.15, 0.2) is 5.96 Å². The molecule has 2 N–H and O–H groups in total. The number of ether oxygens (including phenoxy) is 1. The molecule has 2 rings (SSSR count). The summed E-state index contributed by atoms with van der Waals surface area (Å²) in [5.41, 5.74) is 0. The van der Waals surface area contributed by atoms with Crippen LogP contribution in [0.3, 0.4) is 0 Å². The molecule has 1 atom stereocenters. The number of rotatable bonds is 9. The van der Waals surface area contributed by atoms with Crippen LogP contribution in [0.4, 0.5) is 0 Å². The Labute approximate surface area is 175 Å². The molecule has 0 saturated carbocycles. The summed E-state index contributed by atoms with van der Waals surface area (Å²) < 4.78 is 5.64. The highest BCUT2D eigenvalue weighted by Crippen LogP contribution is 2.16. The van der Waals surface area contributed by atoms with Crippen LogP contribution in [0.1, 0.15) is 39.5 Å². The molecule has 1 aromatic rings. The molecule has 0 bridgehead atoms. The van der Waals surface area contributed by atoms with Gasteiger partial charge in [0.25, 0.3) is 0 Å². The number of hydrogen-bond acceptors (Lipinski definition) is 4. The Morgan fingerprint density at radius 1 is 1.38 bits per heavy atom. The van der Waals surface area contributed by atoms with Crippen molar-refractivity contribution in [2.75, 3.05) is 39.3 Å². The lowest BCUT2D eigenvalue weighted by atomic mass is 10.0. The largest absolute Gasteiger partial charge is 0.490 e. The lowest BCUT2D eigenvalue weighted by Gasteiger charge is -2.33. The van der Waals surface area contributed by atoms with Crippen molar-refractivity contribution in [1.82, 2.24) is 20.5 Å². The van der Waals surface area contributed by atoms with E-state index in [1.807, 2.05) is 12.1 Å². The standard InChI is InChI=1S/C19H33N5O.HI/c1-3-21-19(23-12-15-25-18-9-6-10-20-16-18)22-11-7-14-24-13-5-4-8-17(24)2;/h6,9-10,16-17H,3-5,7-8,11-15H2,1-2H3,(H2,21,22,23);1H. The number of piperidine rings is 1. The maximum atomic E-state index is 5.64. The summed E-state index contributed by atoms with van der Waals surface area (Å²) in [5.74, 6) is 1.66. The van der Waals surface area contributed by atoms with Crippen molar-refractivity contribution >= 4 is 29.9 Å². The topological polar surface area (TPSA) is 61.8 Å². The van der Waals surface area contributed by atoms with Gasteiger partial charge in [-0.2, -0.15) is 0 Å². The fraction of sp³-hybridized carbons (Fsp3) is 0.684. The molecule has 1 aliphatic heterocycles. The van der Waals surface area contributed by atoms with E-state index in [1.54, 1.807) is 12.4 Å². The molecule has 7 heteroatoms. The smallest absolute Gasteiger partial charge is 0.191 e. The van der Waals surface area contributed by atoms with Crippen LogP contribution in [-0.4, -0.2) is 61.2 Å². The van der Waals surface area contributed by atoms with Crippen LogP contribution in [0.25, 0.3) is 0 Å². The van der Waals surface area contributed by atoms with Crippen molar-refractivity contribution in [1.29, 1.82) is 0 Å². The van der Waals surface area contributed by atoms with E-state index in [0.717, 1.165) is 43.8 Å². The van der Waals surface area contributed by atoms with E-state index in [2.05, 4.69) is 39.4 Å².